The summed E-state index contributed by atoms with van der Waals surface area (Å²) in [6.45, 7) is 3.46. The van der Waals surface area contributed by atoms with E-state index in [0.717, 1.165) is 12.8 Å². The molecule has 1 unspecified atom stereocenters. The molecule has 1 atom stereocenters. The summed E-state index contributed by atoms with van der Waals surface area (Å²) in [7, 11) is 0. The van der Waals surface area contributed by atoms with E-state index in [0.29, 0.717) is 11.0 Å². The predicted molar refractivity (Wildman–Crippen MR) is 85.3 cm³/mol. The van der Waals surface area contributed by atoms with Gasteiger partial charge in [-0.05, 0) is 25.5 Å². The number of nitrogens with one attached hydrogen (secondary N) is 1. The molecule has 0 radical (unpaired) electrons. The van der Waals surface area contributed by atoms with Crippen molar-refractivity contribution < 1.29 is 18.7 Å². The summed E-state index contributed by atoms with van der Waals surface area (Å²) in [6.07, 6.45) is 1.79. The van der Waals surface area contributed by atoms with Crippen LogP contribution in [0.3, 0.4) is 0 Å². The van der Waals surface area contributed by atoms with E-state index >= 15 is 0 Å². The summed E-state index contributed by atoms with van der Waals surface area (Å²) >= 11 is 0. The third kappa shape index (κ3) is 4.42. The van der Waals surface area contributed by atoms with Gasteiger partial charge < -0.3 is 14.5 Å². The average Bonchev–Trinajstić information content (AvgIpc) is 2.52. The number of hydrogen-bond donors (Lipinski definition) is 1. The highest BCUT2D eigenvalue weighted by atomic mass is 16.5. The number of carbonyl (C=O) groups is 2. The second kappa shape index (κ2) is 7.58. The minimum Gasteiger partial charge on any atom is -0.452 e. The molecule has 6 heteroatoms. The number of fused-ring (bicyclic) bond motifs is 1. The third-order valence-corrected chi connectivity index (χ3v) is 3.32. The summed E-state index contributed by atoms with van der Waals surface area (Å²) in [5, 5.41) is 3.33. The molecular weight excluding hydrogens is 298 g/mol. The van der Waals surface area contributed by atoms with Crippen molar-refractivity contribution in [2.75, 3.05) is 6.61 Å². The molecule has 0 saturated heterocycles. The van der Waals surface area contributed by atoms with Gasteiger partial charge in [0.15, 0.2) is 6.61 Å². The molecule has 2 aromatic rings. The van der Waals surface area contributed by atoms with Gasteiger partial charge in [0, 0.05) is 11.4 Å². The Labute approximate surface area is 133 Å². The fraction of sp³-hybridized carbons (Fsp3) is 0.353. The molecule has 2 rings (SSSR count). The maximum absolute atomic E-state index is 12.0. The van der Waals surface area contributed by atoms with Crippen molar-refractivity contribution in [2.24, 2.45) is 0 Å². The van der Waals surface area contributed by atoms with E-state index in [1.807, 2.05) is 13.8 Å². The van der Waals surface area contributed by atoms with Crippen molar-refractivity contribution in [1.82, 2.24) is 5.32 Å². The molecule has 1 amide bonds. The molecule has 0 aliphatic heterocycles. The molecule has 23 heavy (non-hydrogen) atoms. The van der Waals surface area contributed by atoms with Crippen LogP contribution in [0.4, 0.5) is 0 Å². The van der Waals surface area contributed by atoms with Gasteiger partial charge in [-0.15, -0.1) is 0 Å². The van der Waals surface area contributed by atoms with Gasteiger partial charge >= 0.3 is 11.6 Å². The number of amides is 1. The lowest BCUT2D eigenvalue weighted by atomic mass is 10.2. The average molecular weight is 317 g/mol. The standard InChI is InChI=1S/C17H19NO5/c1-3-6-11(2)18-15(19)10-22-16(20)13-9-12-7-4-5-8-14(12)23-17(13)21/h4-5,7-9,11H,3,6,10H2,1-2H3,(H,18,19). The second-order valence-corrected chi connectivity index (χ2v) is 5.32. The van der Waals surface area contributed by atoms with Gasteiger partial charge in [0.2, 0.25) is 0 Å². The zero-order valence-corrected chi connectivity index (χ0v) is 13.1. The van der Waals surface area contributed by atoms with Gasteiger partial charge in [0.25, 0.3) is 5.91 Å². The van der Waals surface area contributed by atoms with Crippen molar-refractivity contribution in [3.8, 4) is 0 Å². The zero-order chi connectivity index (χ0) is 16.8. The number of rotatable bonds is 6. The predicted octanol–water partition coefficient (Wildman–Crippen LogP) is 2.25. The van der Waals surface area contributed by atoms with E-state index in [4.69, 9.17) is 9.15 Å². The maximum Gasteiger partial charge on any atom is 0.351 e. The molecule has 0 spiro atoms. The SMILES string of the molecule is CCCC(C)NC(=O)COC(=O)c1cc2ccccc2oc1=O. The van der Waals surface area contributed by atoms with Crippen LogP contribution >= 0.6 is 0 Å². The first-order chi connectivity index (χ1) is 11.0. The highest BCUT2D eigenvalue weighted by Gasteiger charge is 2.17. The van der Waals surface area contributed by atoms with Crippen LogP contribution in [0, 0.1) is 0 Å². The van der Waals surface area contributed by atoms with Gasteiger partial charge in [0.05, 0.1) is 0 Å². The Bertz CT molecular complexity index is 765. The summed E-state index contributed by atoms with van der Waals surface area (Å²) in [5.74, 6) is -1.27. The minimum atomic E-state index is -0.872. The number of esters is 1. The first-order valence-electron chi connectivity index (χ1n) is 7.50. The Kier molecular flexibility index (Phi) is 5.51. The van der Waals surface area contributed by atoms with Crippen LogP contribution < -0.4 is 10.9 Å². The topological polar surface area (TPSA) is 85.6 Å². The van der Waals surface area contributed by atoms with Crippen molar-refractivity contribution >= 4 is 22.8 Å². The summed E-state index contributed by atoms with van der Waals surface area (Å²) in [4.78, 5) is 35.4. The monoisotopic (exact) mass is 317 g/mol. The first kappa shape index (κ1) is 16.7. The summed E-state index contributed by atoms with van der Waals surface area (Å²) in [5.41, 5.74) is -0.619. The number of ether oxygens (including phenoxy) is 1. The van der Waals surface area contributed by atoms with Crippen LogP contribution in [-0.2, 0) is 9.53 Å². The molecule has 0 bridgehead atoms. The van der Waals surface area contributed by atoms with E-state index in [1.165, 1.54) is 6.07 Å². The van der Waals surface area contributed by atoms with E-state index in [-0.39, 0.29) is 11.6 Å². The fourth-order valence-corrected chi connectivity index (χ4v) is 2.23. The van der Waals surface area contributed by atoms with Crippen LogP contribution in [0.1, 0.15) is 37.0 Å². The molecule has 0 fully saturated rings. The van der Waals surface area contributed by atoms with Crippen molar-refractivity contribution in [3.05, 3.63) is 46.3 Å². The number of hydrogen-bond acceptors (Lipinski definition) is 5. The van der Waals surface area contributed by atoms with Gasteiger partial charge in [0.1, 0.15) is 11.1 Å². The molecule has 1 aromatic carbocycles. The van der Waals surface area contributed by atoms with Crippen LogP contribution in [0.5, 0.6) is 0 Å². The lowest BCUT2D eigenvalue weighted by Crippen LogP contribution is -2.36. The Hall–Kier alpha value is -2.63. The van der Waals surface area contributed by atoms with Crippen molar-refractivity contribution in [1.29, 1.82) is 0 Å². The molecule has 0 saturated carbocycles. The Morgan fingerprint density at radius 2 is 2.04 bits per heavy atom. The largest absolute Gasteiger partial charge is 0.452 e. The van der Waals surface area contributed by atoms with E-state index in [1.54, 1.807) is 24.3 Å². The highest BCUT2D eigenvalue weighted by Crippen LogP contribution is 2.13. The molecule has 1 aromatic heterocycles. The quantitative estimate of drug-likeness (QED) is 0.652. The second-order valence-electron chi connectivity index (χ2n) is 5.32. The summed E-state index contributed by atoms with van der Waals surface area (Å²) < 4.78 is 9.95. The number of para-hydroxylation sites is 1. The normalized spacial score (nSPS) is 11.9. The van der Waals surface area contributed by atoms with Crippen LogP contribution in [0.15, 0.2) is 39.5 Å². The molecule has 1 heterocycles. The smallest absolute Gasteiger partial charge is 0.351 e. The van der Waals surface area contributed by atoms with E-state index in [2.05, 4.69) is 5.32 Å². The third-order valence-electron chi connectivity index (χ3n) is 3.32. The molecule has 0 aliphatic rings. The molecule has 0 aliphatic carbocycles. The van der Waals surface area contributed by atoms with Gasteiger partial charge in [-0.1, -0.05) is 31.5 Å². The Balaban J connectivity index is 2.02. The molecule has 6 nitrogen and oxygen atoms in total. The fourth-order valence-electron chi connectivity index (χ4n) is 2.23. The van der Waals surface area contributed by atoms with E-state index < -0.39 is 24.1 Å². The summed E-state index contributed by atoms with van der Waals surface area (Å²) in [6, 6.07) is 8.26. The van der Waals surface area contributed by atoms with Crippen LogP contribution in [0.2, 0.25) is 0 Å². The highest BCUT2D eigenvalue weighted by molar-refractivity contribution is 5.94. The van der Waals surface area contributed by atoms with E-state index in [9.17, 15) is 14.4 Å². The number of carbonyl (C=O) groups excluding carboxylic acids is 2. The maximum atomic E-state index is 12.0. The van der Waals surface area contributed by atoms with Gasteiger partial charge in [-0.3, -0.25) is 4.79 Å². The molecule has 1 N–H and O–H groups in total. The molecular formula is C17H19NO5. The zero-order valence-electron chi connectivity index (χ0n) is 13.1. The first-order valence-corrected chi connectivity index (χ1v) is 7.50. The lowest BCUT2D eigenvalue weighted by Gasteiger charge is -2.12. The Morgan fingerprint density at radius 3 is 2.78 bits per heavy atom. The van der Waals surface area contributed by atoms with Crippen molar-refractivity contribution in [2.45, 2.75) is 32.7 Å². The number of benzene rings is 1. The van der Waals surface area contributed by atoms with Crippen LogP contribution in [-0.4, -0.2) is 24.5 Å². The Morgan fingerprint density at radius 1 is 1.30 bits per heavy atom. The van der Waals surface area contributed by atoms with Gasteiger partial charge in [-0.2, -0.15) is 0 Å². The van der Waals surface area contributed by atoms with Crippen molar-refractivity contribution in [3.63, 3.8) is 0 Å². The molecule has 122 valence electrons. The minimum absolute atomic E-state index is 0.0111. The lowest BCUT2D eigenvalue weighted by molar-refractivity contribution is -0.124. The van der Waals surface area contributed by atoms with Crippen LogP contribution in [0.25, 0.3) is 11.0 Å². The van der Waals surface area contributed by atoms with Gasteiger partial charge in [-0.25, -0.2) is 9.59 Å².